The lowest BCUT2D eigenvalue weighted by Crippen LogP contribution is -2.35. The monoisotopic (exact) mass is 350 g/mol. The summed E-state index contributed by atoms with van der Waals surface area (Å²) in [6.45, 7) is 5.97. The van der Waals surface area contributed by atoms with Gasteiger partial charge in [0.1, 0.15) is 12.1 Å². The minimum atomic E-state index is -1.02. The third-order valence-corrected chi connectivity index (χ3v) is 2.71. The number of amides is 1. The smallest absolute Gasteiger partial charge is 0.326 e. The van der Waals surface area contributed by atoms with Crippen molar-refractivity contribution in [1.29, 1.82) is 0 Å². The van der Waals surface area contributed by atoms with Crippen LogP contribution in [0.5, 0.6) is 0 Å². The fourth-order valence-corrected chi connectivity index (χ4v) is 1.43. The van der Waals surface area contributed by atoms with Crippen LogP contribution in [0.15, 0.2) is 0 Å². The van der Waals surface area contributed by atoms with Gasteiger partial charge < -0.3 is 26.0 Å². The van der Waals surface area contributed by atoms with Crippen LogP contribution in [0.2, 0.25) is 0 Å². The standard InChI is InChI=1S/C7H13NO3.C6H11NO4.C2H6/c1-2-3-4-6(7(10)11)8-5-9;1-7-4(6(10)11)2-3-5(8)9;1-2/h5-6H,2-4H2,1H3,(H,8,9)(H,10,11);4,7H,2-3H2,1H3,(H,8,9)(H,10,11);1-2H3. The van der Waals surface area contributed by atoms with Crippen LogP contribution in [0.4, 0.5) is 0 Å². The summed E-state index contributed by atoms with van der Waals surface area (Å²) >= 11 is 0. The molecule has 1 amide bonds. The van der Waals surface area contributed by atoms with Gasteiger partial charge in [0.25, 0.3) is 0 Å². The highest BCUT2D eigenvalue weighted by atomic mass is 16.4. The Bertz CT molecular complexity index is 362. The van der Waals surface area contributed by atoms with Crippen LogP contribution in [-0.2, 0) is 19.2 Å². The number of carbonyl (C=O) groups is 4. The molecule has 0 aromatic rings. The minimum Gasteiger partial charge on any atom is -0.481 e. The van der Waals surface area contributed by atoms with Crippen molar-refractivity contribution in [2.75, 3.05) is 7.05 Å². The van der Waals surface area contributed by atoms with Crippen molar-refractivity contribution in [3.8, 4) is 0 Å². The second-order valence-corrected chi connectivity index (χ2v) is 4.43. The summed E-state index contributed by atoms with van der Waals surface area (Å²) in [5, 5.41) is 29.9. The van der Waals surface area contributed by atoms with Gasteiger partial charge in [-0.1, -0.05) is 33.6 Å². The normalized spacial score (nSPS) is 11.5. The molecule has 9 heteroatoms. The number of unbranched alkanes of at least 4 members (excludes halogenated alkanes) is 1. The van der Waals surface area contributed by atoms with E-state index in [-0.39, 0.29) is 12.8 Å². The molecule has 0 heterocycles. The Morgan fingerprint density at radius 1 is 1.00 bits per heavy atom. The molecule has 0 spiro atoms. The van der Waals surface area contributed by atoms with Gasteiger partial charge in [-0.25, -0.2) is 4.79 Å². The number of aliphatic carboxylic acids is 3. The van der Waals surface area contributed by atoms with Crippen LogP contribution in [0.1, 0.15) is 52.9 Å². The van der Waals surface area contributed by atoms with E-state index in [0.29, 0.717) is 12.8 Å². The summed E-state index contributed by atoms with van der Waals surface area (Å²) in [6, 6.07) is -1.47. The van der Waals surface area contributed by atoms with Gasteiger partial charge >= 0.3 is 17.9 Å². The molecule has 0 saturated heterocycles. The number of carboxylic acids is 3. The Hall–Kier alpha value is -2.16. The quantitative estimate of drug-likeness (QED) is 0.345. The average Bonchev–Trinajstić information content (AvgIpc) is 2.53. The molecule has 2 unspecified atom stereocenters. The molecule has 0 saturated carbocycles. The molecule has 0 aliphatic heterocycles. The molecule has 0 aliphatic rings. The second kappa shape index (κ2) is 18.9. The summed E-state index contributed by atoms with van der Waals surface area (Å²) in [6.07, 6.45) is 2.67. The fraction of sp³-hybridized carbons (Fsp3) is 0.733. The molecule has 0 rings (SSSR count). The van der Waals surface area contributed by atoms with E-state index in [4.69, 9.17) is 15.3 Å². The lowest BCUT2D eigenvalue weighted by Gasteiger charge is -2.08. The predicted molar refractivity (Wildman–Crippen MR) is 88.8 cm³/mol. The van der Waals surface area contributed by atoms with E-state index in [1.807, 2.05) is 20.8 Å². The van der Waals surface area contributed by atoms with Crippen LogP contribution < -0.4 is 10.6 Å². The van der Waals surface area contributed by atoms with Crippen molar-refractivity contribution in [1.82, 2.24) is 10.6 Å². The van der Waals surface area contributed by atoms with Gasteiger partial charge in [0, 0.05) is 6.42 Å². The maximum absolute atomic E-state index is 10.4. The van der Waals surface area contributed by atoms with Gasteiger partial charge in [-0.2, -0.15) is 0 Å². The molecular formula is C15H30N2O7. The largest absolute Gasteiger partial charge is 0.481 e. The van der Waals surface area contributed by atoms with Crippen molar-refractivity contribution in [3.63, 3.8) is 0 Å². The van der Waals surface area contributed by atoms with E-state index in [9.17, 15) is 19.2 Å². The van der Waals surface area contributed by atoms with Crippen molar-refractivity contribution < 1.29 is 34.5 Å². The highest BCUT2D eigenvalue weighted by molar-refractivity contribution is 5.76. The topological polar surface area (TPSA) is 153 Å². The van der Waals surface area contributed by atoms with Gasteiger partial charge in [0.05, 0.1) is 0 Å². The SMILES string of the molecule is CC.CCCCC(NC=O)C(=O)O.CNC(CCC(=O)O)C(=O)O. The van der Waals surface area contributed by atoms with Crippen molar-refractivity contribution in [2.24, 2.45) is 0 Å². The fourth-order valence-electron chi connectivity index (χ4n) is 1.43. The highest BCUT2D eigenvalue weighted by Crippen LogP contribution is 1.99. The molecule has 24 heavy (non-hydrogen) atoms. The number of carbonyl (C=O) groups excluding carboxylic acids is 1. The van der Waals surface area contributed by atoms with E-state index in [0.717, 1.165) is 12.8 Å². The third kappa shape index (κ3) is 17.9. The van der Waals surface area contributed by atoms with Crippen molar-refractivity contribution in [3.05, 3.63) is 0 Å². The molecule has 9 nitrogen and oxygen atoms in total. The van der Waals surface area contributed by atoms with Crippen LogP contribution in [0, 0.1) is 0 Å². The molecule has 0 radical (unpaired) electrons. The zero-order valence-electron chi connectivity index (χ0n) is 14.7. The van der Waals surface area contributed by atoms with Gasteiger partial charge in [0.2, 0.25) is 6.41 Å². The van der Waals surface area contributed by atoms with Crippen LogP contribution in [0.25, 0.3) is 0 Å². The third-order valence-electron chi connectivity index (χ3n) is 2.71. The predicted octanol–water partition coefficient (Wildman–Crippen LogP) is 0.926. The van der Waals surface area contributed by atoms with Gasteiger partial charge in [0.15, 0.2) is 0 Å². The summed E-state index contributed by atoms with van der Waals surface area (Å²) in [7, 11) is 1.49. The highest BCUT2D eigenvalue weighted by Gasteiger charge is 2.15. The van der Waals surface area contributed by atoms with Crippen LogP contribution in [-0.4, -0.2) is 58.8 Å². The number of likely N-dealkylation sites (N-methyl/N-ethyl adjacent to an activating group) is 1. The summed E-state index contributed by atoms with van der Waals surface area (Å²) in [5.41, 5.74) is 0. The van der Waals surface area contributed by atoms with Gasteiger partial charge in [-0.15, -0.1) is 0 Å². The average molecular weight is 350 g/mol. The molecule has 0 fully saturated rings. The Morgan fingerprint density at radius 3 is 1.79 bits per heavy atom. The molecule has 0 aliphatic carbocycles. The Kier molecular flexibility index (Phi) is 21.0. The Morgan fingerprint density at radius 2 is 1.50 bits per heavy atom. The van der Waals surface area contributed by atoms with E-state index < -0.39 is 30.0 Å². The first-order valence-corrected chi connectivity index (χ1v) is 7.84. The van der Waals surface area contributed by atoms with E-state index in [2.05, 4.69) is 10.6 Å². The molecule has 2 atom stereocenters. The maximum Gasteiger partial charge on any atom is 0.326 e. The summed E-state index contributed by atoms with van der Waals surface area (Å²) < 4.78 is 0. The minimum absolute atomic E-state index is 0.112. The molecular weight excluding hydrogens is 320 g/mol. The zero-order valence-corrected chi connectivity index (χ0v) is 14.7. The van der Waals surface area contributed by atoms with Gasteiger partial charge in [-0.3, -0.25) is 14.4 Å². The van der Waals surface area contributed by atoms with E-state index in [1.165, 1.54) is 7.05 Å². The van der Waals surface area contributed by atoms with Crippen LogP contribution >= 0.6 is 0 Å². The van der Waals surface area contributed by atoms with Crippen LogP contribution in [0.3, 0.4) is 0 Å². The zero-order chi connectivity index (χ0) is 19.5. The molecule has 0 bridgehead atoms. The van der Waals surface area contributed by atoms with E-state index in [1.54, 1.807) is 0 Å². The van der Waals surface area contributed by atoms with Crippen molar-refractivity contribution in [2.45, 2.75) is 65.0 Å². The lowest BCUT2D eigenvalue weighted by molar-refractivity contribution is -0.141. The lowest BCUT2D eigenvalue weighted by atomic mass is 10.1. The first kappa shape index (κ1) is 26.7. The summed E-state index contributed by atoms with van der Waals surface area (Å²) in [5.74, 6) is -2.97. The maximum atomic E-state index is 10.4. The number of rotatable bonds is 11. The number of carboxylic acid groups (broad SMARTS) is 3. The van der Waals surface area contributed by atoms with E-state index >= 15 is 0 Å². The first-order valence-electron chi connectivity index (χ1n) is 7.84. The second-order valence-electron chi connectivity index (χ2n) is 4.43. The number of hydrogen-bond acceptors (Lipinski definition) is 5. The molecule has 0 aromatic heterocycles. The summed E-state index contributed by atoms with van der Waals surface area (Å²) in [4.78, 5) is 40.6. The Balaban J connectivity index is -0.000000333. The Labute approximate surface area is 142 Å². The first-order chi connectivity index (χ1) is 11.3. The van der Waals surface area contributed by atoms with Gasteiger partial charge in [-0.05, 0) is 19.9 Å². The molecule has 0 aromatic carbocycles. The number of hydrogen-bond donors (Lipinski definition) is 5. The molecule has 142 valence electrons. The number of nitrogens with one attached hydrogen (secondary N) is 2. The van der Waals surface area contributed by atoms with Crippen molar-refractivity contribution >= 4 is 24.3 Å². The molecule has 5 N–H and O–H groups in total.